The number of rotatable bonds is 7. The van der Waals surface area contributed by atoms with Gasteiger partial charge in [0.1, 0.15) is 5.75 Å². The van der Waals surface area contributed by atoms with Gasteiger partial charge in [0, 0.05) is 5.75 Å². The highest BCUT2D eigenvalue weighted by Gasteiger charge is 2.04. The van der Waals surface area contributed by atoms with Crippen molar-refractivity contribution in [3.63, 3.8) is 0 Å². The monoisotopic (exact) mass is 293 g/mol. The van der Waals surface area contributed by atoms with Crippen molar-refractivity contribution in [2.45, 2.75) is 32.0 Å². The van der Waals surface area contributed by atoms with Gasteiger partial charge in [-0.3, -0.25) is 0 Å². The average molecular weight is 293 g/mol. The summed E-state index contributed by atoms with van der Waals surface area (Å²) in [4.78, 5) is 0. The maximum absolute atomic E-state index is 5.73. The van der Waals surface area contributed by atoms with E-state index in [4.69, 9.17) is 14.9 Å². The van der Waals surface area contributed by atoms with E-state index in [1.807, 2.05) is 12.1 Å². The Kier molecular flexibility index (Phi) is 5.43. The van der Waals surface area contributed by atoms with E-state index in [2.05, 4.69) is 30.1 Å². The van der Waals surface area contributed by atoms with E-state index in [0.29, 0.717) is 17.7 Å². The number of nitrogens with two attached hydrogens (primary N) is 1. The lowest BCUT2D eigenvalue weighted by Crippen LogP contribution is -1.99. The zero-order chi connectivity index (χ0) is 14.4. The molecule has 2 N–H and O–H groups in total. The molecule has 2 rings (SSSR count). The number of hydrogen-bond donors (Lipinski definition) is 1. The van der Waals surface area contributed by atoms with Crippen molar-refractivity contribution in [2.75, 3.05) is 12.4 Å². The average Bonchev–Trinajstić information content (AvgIpc) is 2.85. The van der Waals surface area contributed by atoms with Crippen LogP contribution in [0.15, 0.2) is 27.8 Å². The van der Waals surface area contributed by atoms with E-state index >= 15 is 0 Å². The molecule has 0 saturated heterocycles. The maximum Gasteiger partial charge on any atom is 0.276 e. The highest BCUT2D eigenvalue weighted by atomic mass is 32.2. The molecule has 0 atom stereocenters. The molecule has 0 amide bonds. The van der Waals surface area contributed by atoms with Crippen molar-refractivity contribution in [2.24, 2.45) is 5.73 Å². The molecule has 20 heavy (non-hydrogen) atoms. The van der Waals surface area contributed by atoms with Crippen LogP contribution in [0.3, 0.4) is 0 Å². The fourth-order valence-corrected chi connectivity index (χ4v) is 2.49. The van der Waals surface area contributed by atoms with E-state index in [1.54, 1.807) is 0 Å². The van der Waals surface area contributed by atoms with Gasteiger partial charge < -0.3 is 14.9 Å². The van der Waals surface area contributed by atoms with Gasteiger partial charge in [0.2, 0.25) is 5.89 Å². The molecule has 1 heterocycles. The largest absolute Gasteiger partial charge is 0.494 e. The molecule has 1 aromatic carbocycles. The van der Waals surface area contributed by atoms with Crippen LogP contribution in [0.4, 0.5) is 0 Å². The van der Waals surface area contributed by atoms with E-state index < -0.39 is 0 Å². The lowest BCUT2D eigenvalue weighted by atomic mass is 10.1. The summed E-state index contributed by atoms with van der Waals surface area (Å²) in [5.74, 6) is 2.27. The molecule has 5 nitrogen and oxygen atoms in total. The maximum atomic E-state index is 5.73. The van der Waals surface area contributed by atoms with Gasteiger partial charge in [-0.2, -0.15) is 0 Å². The minimum absolute atomic E-state index is 0.281. The van der Waals surface area contributed by atoms with E-state index in [-0.39, 0.29) is 6.54 Å². The first kappa shape index (κ1) is 14.9. The zero-order valence-corrected chi connectivity index (χ0v) is 12.6. The number of aryl methyl sites for hydroxylation is 2. The molecule has 1 aromatic heterocycles. The zero-order valence-electron chi connectivity index (χ0n) is 11.8. The van der Waals surface area contributed by atoms with Crippen LogP contribution in [0.25, 0.3) is 0 Å². The van der Waals surface area contributed by atoms with Crippen molar-refractivity contribution >= 4 is 11.8 Å². The number of hydrogen-bond acceptors (Lipinski definition) is 6. The highest BCUT2D eigenvalue weighted by molar-refractivity contribution is 7.99. The third-order valence-corrected chi connectivity index (χ3v) is 3.51. The van der Waals surface area contributed by atoms with Crippen molar-refractivity contribution in [1.29, 1.82) is 0 Å². The molecule has 0 radical (unpaired) electrons. The molecule has 108 valence electrons. The molecule has 2 aromatic rings. The van der Waals surface area contributed by atoms with Gasteiger partial charge in [-0.15, -0.1) is 10.2 Å². The van der Waals surface area contributed by atoms with Crippen molar-refractivity contribution in [3.8, 4) is 5.75 Å². The molecule has 0 fully saturated rings. The Morgan fingerprint density at radius 1 is 1.20 bits per heavy atom. The smallest absolute Gasteiger partial charge is 0.276 e. The van der Waals surface area contributed by atoms with Crippen LogP contribution in [0.2, 0.25) is 0 Å². The SMILES string of the molecule is Cc1cc(C)cc(OCCCSc2nnc(CN)o2)c1. The molecule has 0 saturated carbocycles. The third kappa shape index (κ3) is 4.54. The molecule has 6 heteroatoms. The predicted octanol–water partition coefficient (Wildman–Crippen LogP) is 2.71. The van der Waals surface area contributed by atoms with Gasteiger partial charge in [0.25, 0.3) is 5.22 Å². The first-order valence-corrected chi connectivity index (χ1v) is 7.52. The van der Waals surface area contributed by atoms with Crippen LogP contribution in [0.1, 0.15) is 23.4 Å². The molecule has 0 unspecified atom stereocenters. The van der Waals surface area contributed by atoms with E-state index in [1.165, 1.54) is 22.9 Å². The second kappa shape index (κ2) is 7.31. The van der Waals surface area contributed by atoms with Gasteiger partial charge in [-0.1, -0.05) is 17.8 Å². The summed E-state index contributed by atoms with van der Waals surface area (Å²) in [6.07, 6.45) is 0.915. The van der Waals surface area contributed by atoms with E-state index in [0.717, 1.165) is 17.9 Å². The fraction of sp³-hybridized carbons (Fsp3) is 0.429. The standard InChI is InChI=1S/C14H19N3O2S/c1-10-6-11(2)8-12(7-10)18-4-3-5-20-14-17-16-13(9-15)19-14/h6-8H,3-5,9,15H2,1-2H3. The Morgan fingerprint density at radius 2 is 1.95 bits per heavy atom. The molecule has 0 aliphatic rings. The summed E-state index contributed by atoms with van der Waals surface area (Å²) in [6, 6.07) is 6.23. The Morgan fingerprint density at radius 3 is 2.60 bits per heavy atom. The molecule has 0 spiro atoms. The van der Waals surface area contributed by atoms with Crippen LogP contribution in [-0.4, -0.2) is 22.6 Å². The van der Waals surface area contributed by atoms with Crippen LogP contribution in [0.5, 0.6) is 5.75 Å². The highest BCUT2D eigenvalue weighted by Crippen LogP contribution is 2.18. The normalized spacial score (nSPS) is 10.8. The molecule has 0 bridgehead atoms. The van der Waals surface area contributed by atoms with Gasteiger partial charge >= 0.3 is 0 Å². The van der Waals surface area contributed by atoms with Gasteiger partial charge in [-0.25, -0.2) is 0 Å². The lowest BCUT2D eigenvalue weighted by Gasteiger charge is -2.07. The quantitative estimate of drug-likeness (QED) is 0.625. The number of benzene rings is 1. The Hall–Kier alpha value is -1.53. The summed E-state index contributed by atoms with van der Waals surface area (Å²) < 4.78 is 11.0. The summed E-state index contributed by atoms with van der Waals surface area (Å²) in [6.45, 7) is 5.10. The first-order valence-electron chi connectivity index (χ1n) is 6.53. The van der Waals surface area contributed by atoms with Crippen molar-refractivity contribution < 1.29 is 9.15 Å². The van der Waals surface area contributed by atoms with Crippen molar-refractivity contribution in [1.82, 2.24) is 10.2 Å². The topological polar surface area (TPSA) is 74.2 Å². The molecule has 0 aliphatic heterocycles. The third-order valence-electron chi connectivity index (χ3n) is 2.60. The van der Waals surface area contributed by atoms with Crippen LogP contribution < -0.4 is 10.5 Å². The van der Waals surface area contributed by atoms with Crippen LogP contribution >= 0.6 is 11.8 Å². The summed E-state index contributed by atoms with van der Waals surface area (Å²) in [7, 11) is 0. The Labute approximate surface area is 122 Å². The summed E-state index contributed by atoms with van der Waals surface area (Å²) in [5.41, 5.74) is 7.84. The number of thioether (sulfide) groups is 1. The fourth-order valence-electron chi connectivity index (χ4n) is 1.80. The number of nitrogens with zero attached hydrogens (tertiary/aromatic N) is 2. The van der Waals surface area contributed by atoms with E-state index in [9.17, 15) is 0 Å². The predicted molar refractivity (Wildman–Crippen MR) is 78.9 cm³/mol. The van der Waals surface area contributed by atoms with Gasteiger partial charge in [-0.05, 0) is 43.5 Å². The molecular formula is C14H19N3O2S. The van der Waals surface area contributed by atoms with Gasteiger partial charge in [0.05, 0.1) is 13.2 Å². The molecule has 0 aliphatic carbocycles. The Balaban J connectivity index is 1.68. The second-order valence-electron chi connectivity index (χ2n) is 4.54. The minimum atomic E-state index is 0.281. The minimum Gasteiger partial charge on any atom is -0.494 e. The van der Waals surface area contributed by atoms with Crippen LogP contribution in [0, 0.1) is 13.8 Å². The first-order chi connectivity index (χ1) is 9.67. The molecular weight excluding hydrogens is 274 g/mol. The summed E-state index contributed by atoms with van der Waals surface area (Å²) in [5, 5.41) is 8.26. The second-order valence-corrected chi connectivity index (χ2v) is 5.59. The van der Waals surface area contributed by atoms with Gasteiger partial charge in [0.15, 0.2) is 0 Å². The van der Waals surface area contributed by atoms with Crippen molar-refractivity contribution in [3.05, 3.63) is 35.2 Å². The van der Waals surface area contributed by atoms with Crippen LogP contribution in [-0.2, 0) is 6.54 Å². The Bertz CT molecular complexity index is 537. The summed E-state index contributed by atoms with van der Waals surface area (Å²) >= 11 is 1.52. The lowest BCUT2D eigenvalue weighted by molar-refractivity contribution is 0.318. The number of aromatic nitrogens is 2. The number of ether oxygens (including phenoxy) is 1.